The highest BCUT2D eigenvalue weighted by Crippen LogP contribution is 2.28. The van der Waals surface area contributed by atoms with Gasteiger partial charge in [0.15, 0.2) is 0 Å². The minimum Gasteiger partial charge on any atom is -0.356 e. The van der Waals surface area contributed by atoms with Gasteiger partial charge in [-0.15, -0.1) is 0 Å². The smallest absolute Gasteiger partial charge is 0.133 e. The number of hydrogen-bond donors (Lipinski definition) is 0. The quantitative estimate of drug-likeness (QED) is 0.836. The molecule has 5 heteroatoms. The Morgan fingerprint density at radius 3 is 2.45 bits per heavy atom. The summed E-state index contributed by atoms with van der Waals surface area (Å²) < 4.78 is 0. The number of hydrogen-bond acceptors (Lipinski definition) is 5. The first-order valence-corrected chi connectivity index (χ1v) is 6.97. The predicted octanol–water partition coefficient (Wildman–Crippen LogP) is 2.19. The molecule has 2 aromatic rings. The van der Waals surface area contributed by atoms with Crippen molar-refractivity contribution in [2.75, 3.05) is 18.0 Å². The Kier molecular flexibility index (Phi) is 3.34. The predicted molar refractivity (Wildman–Crippen MR) is 77.8 cm³/mol. The lowest BCUT2D eigenvalue weighted by Gasteiger charge is -2.17. The van der Waals surface area contributed by atoms with Crippen LogP contribution in [0.5, 0.6) is 0 Å². The highest BCUT2D eigenvalue weighted by Gasteiger charge is 2.27. The van der Waals surface area contributed by atoms with Crippen LogP contribution in [0.3, 0.4) is 0 Å². The summed E-state index contributed by atoms with van der Waals surface area (Å²) in [6, 6.07) is 4.05. The van der Waals surface area contributed by atoms with Crippen LogP contribution in [0.1, 0.15) is 35.2 Å². The molecule has 2 aromatic heterocycles. The van der Waals surface area contributed by atoms with E-state index in [0.29, 0.717) is 5.92 Å². The van der Waals surface area contributed by atoms with Crippen molar-refractivity contribution in [3.63, 3.8) is 0 Å². The van der Waals surface area contributed by atoms with Crippen molar-refractivity contribution in [2.24, 2.45) is 0 Å². The maximum atomic E-state index is 4.59. The van der Waals surface area contributed by atoms with E-state index in [4.69, 9.17) is 0 Å². The summed E-state index contributed by atoms with van der Waals surface area (Å²) in [4.78, 5) is 20.0. The zero-order chi connectivity index (χ0) is 14.1. The van der Waals surface area contributed by atoms with Gasteiger partial charge in [0, 0.05) is 42.2 Å². The number of anilines is 1. The van der Waals surface area contributed by atoms with Gasteiger partial charge in [0.25, 0.3) is 0 Å². The molecule has 0 radical (unpaired) electrons. The maximum absolute atomic E-state index is 4.59. The van der Waals surface area contributed by atoms with Crippen molar-refractivity contribution in [2.45, 2.75) is 33.1 Å². The van der Waals surface area contributed by atoms with Gasteiger partial charge in [0.05, 0.1) is 0 Å². The molecule has 0 N–H and O–H groups in total. The zero-order valence-corrected chi connectivity index (χ0v) is 12.2. The van der Waals surface area contributed by atoms with Gasteiger partial charge in [-0.1, -0.05) is 0 Å². The molecule has 0 amide bonds. The van der Waals surface area contributed by atoms with Gasteiger partial charge in [0.2, 0.25) is 0 Å². The van der Waals surface area contributed by atoms with E-state index in [1.165, 1.54) is 0 Å². The molecule has 20 heavy (non-hydrogen) atoms. The van der Waals surface area contributed by atoms with Crippen LogP contribution in [0.4, 0.5) is 5.82 Å². The van der Waals surface area contributed by atoms with E-state index in [-0.39, 0.29) is 0 Å². The number of nitrogens with zero attached hydrogens (tertiary/aromatic N) is 5. The lowest BCUT2D eigenvalue weighted by molar-refractivity contribution is 0.698. The molecular formula is C15H19N5. The molecule has 0 spiro atoms. The molecule has 3 heterocycles. The molecule has 1 aliphatic heterocycles. The Bertz CT molecular complexity index is 605. The minimum absolute atomic E-state index is 0.392. The second-order valence-electron chi connectivity index (χ2n) is 5.46. The molecule has 1 saturated heterocycles. The molecule has 0 bridgehead atoms. The van der Waals surface area contributed by atoms with Crippen LogP contribution in [-0.2, 0) is 0 Å². The van der Waals surface area contributed by atoms with Gasteiger partial charge >= 0.3 is 0 Å². The van der Waals surface area contributed by atoms with Crippen molar-refractivity contribution in [3.05, 3.63) is 41.4 Å². The highest BCUT2D eigenvalue weighted by atomic mass is 15.2. The fraction of sp³-hybridized carbons (Fsp3) is 0.467. The van der Waals surface area contributed by atoms with Gasteiger partial charge in [0.1, 0.15) is 18.0 Å². The van der Waals surface area contributed by atoms with Gasteiger partial charge in [-0.25, -0.2) is 19.9 Å². The van der Waals surface area contributed by atoms with Crippen LogP contribution in [0.15, 0.2) is 18.5 Å². The SMILES string of the molecule is Cc1cc(N2CCC(c3nc(C)cc(C)n3)C2)ncn1. The standard InChI is InChI=1S/C15H19N5/c1-10-7-14(17-9-16-10)20-5-4-13(8-20)15-18-11(2)6-12(3)19-15/h6-7,9,13H,4-5,8H2,1-3H3. The third kappa shape index (κ3) is 2.61. The lowest BCUT2D eigenvalue weighted by atomic mass is 10.1. The molecule has 1 unspecified atom stereocenters. The van der Waals surface area contributed by atoms with Gasteiger partial charge in [-0.3, -0.25) is 0 Å². The fourth-order valence-corrected chi connectivity index (χ4v) is 2.73. The molecular weight excluding hydrogens is 250 g/mol. The summed E-state index contributed by atoms with van der Waals surface area (Å²) in [5.74, 6) is 2.36. The maximum Gasteiger partial charge on any atom is 0.133 e. The normalized spacial score (nSPS) is 18.6. The van der Waals surface area contributed by atoms with Crippen LogP contribution >= 0.6 is 0 Å². The van der Waals surface area contributed by atoms with Gasteiger partial charge in [-0.2, -0.15) is 0 Å². The molecule has 0 aliphatic carbocycles. The molecule has 104 valence electrons. The van der Waals surface area contributed by atoms with Crippen LogP contribution in [-0.4, -0.2) is 33.0 Å². The largest absolute Gasteiger partial charge is 0.356 e. The average Bonchev–Trinajstić information content (AvgIpc) is 2.87. The zero-order valence-electron chi connectivity index (χ0n) is 12.2. The first kappa shape index (κ1) is 13.0. The van der Waals surface area contributed by atoms with Gasteiger partial charge < -0.3 is 4.90 Å². The number of aryl methyl sites for hydroxylation is 3. The number of aromatic nitrogens is 4. The van der Waals surface area contributed by atoms with Crippen molar-refractivity contribution < 1.29 is 0 Å². The summed E-state index contributed by atoms with van der Waals surface area (Å²) >= 11 is 0. The Hall–Kier alpha value is -2.04. The van der Waals surface area contributed by atoms with E-state index in [1.54, 1.807) is 6.33 Å². The van der Waals surface area contributed by atoms with Crippen molar-refractivity contribution in [1.29, 1.82) is 0 Å². The Balaban J connectivity index is 1.79. The minimum atomic E-state index is 0.392. The van der Waals surface area contributed by atoms with Crippen LogP contribution in [0.2, 0.25) is 0 Å². The molecule has 0 aromatic carbocycles. The summed E-state index contributed by atoms with van der Waals surface area (Å²) in [7, 11) is 0. The Morgan fingerprint density at radius 1 is 1.00 bits per heavy atom. The Morgan fingerprint density at radius 2 is 1.75 bits per heavy atom. The second kappa shape index (κ2) is 5.15. The van der Waals surface area contributed by atoms with Crippen molar-refractivity contribution in [3.8, 4) is 0 Å². The van der Waals surface area contributed by atoms with Crippen LogP contribution in [0.25, 0.3) is 0 Å². The highest BCUT2D eigenvalue weighted by molar-refractivity contribution is 5.41. The van der Waals surface area contributed by atoms with E-state index in [1.807, 2.05) is 32.9 Å². The first-order valence-electron chi connectivity index (χ1n) is 6.97. The first-order chi connectivity index (χ1) is 9.61. The molecule has 5 nitrogen and oxygen atoms in total. The summed E-state index contributed by atoms with van der Waals surface area (Å²) in [6.45, 7) is 7.97. The third-order valence-corrected chi connectivity index (χ3v) is 3.67. The molecule has 3 rings (SSSR count). The monoisotopic (exact) mass is 269 g/mol. The van der Waals surface area contributed by atoms with E-state index in [0.717, 1.165) is 48.2 Å². The van der Waals surface area contributed by atoms with E-state index in [9.17, 15) is 0 Å². The summed E-state index contributed by atoms with van der Waals surface area (Å²) in [5.41, 5.74) is 3.09. The molecule has 1 atom stereocenters. The van der Waals surface area contributed by atoms with Crippen molar-refractivity contribution in [1.82, 2.24) is 19.9 Å². The van der Waals surface area contributed by atoms with Crippen LogP contribution in [0, 0.1) is 20.8 Å². The molecule has 1 aliphatic rings. The van der Waals surface area contributed by atoms with E-state index >= 15 is 0 Å². The average molecular weight is 269 g/mol. The topological polar surface area (TPSA) is 54.8 Å². The number of rotatable bonds is 2. The molecule has 0 saturated carbocycles. The van der Waals surface area contributed by atoms with E-state index in [2.05, 4.69) is 24.8 Å². The summed E-state index contributed by atoms with van der Waals surface area (Å²) in [6.07, 6.45) is 2.71. The second-order valence-corrected chi connectivity index (χ2v) is 5.46. The van der Waals surface area contributed by atoms with Gasteiger partial charge in [-0.05, 0) is 33.3 Å². The lowest BCUT2D eigenvalue weighted by Crippen LogP contribution is -2.21. The third-order valence-electron chi connectivity index (χ3n) is 3.67. The molecule has 1 fully saturated rings. The van der Waals surface area contributed by atoms with Crippen LogP contribution < -0.4 is 4.90 Å². The fourth-order valence-electron chi connectivity index (χ4n) is 2.73. The Labute approximate surface area is 119 Å². The van der Waals surface area contributed by atoms with E-state index < -0.39 is 0 Å². The summed E-state index contributed by atoms with van der Waals surface area (Å²) in [5, 5.41) is 0. The van der Waals surface area contributed by atoms with Crippen molar-refractivity contribution >= 4 is 5.82 Å².